The van der Waals surface area contributed by atoms with Crippen LogP contribution >= 0.6 is 11.6 Å². The molecule has 0 radical (unpaired) electrons. The van der Waals surface area contributed by atoms with Gasteiger partial charge < -0.3 is 19.3 Å². The molecule has 1 atom stereocenters. The summed E-state index contributed by atoms with van der Waals surface area (Å²) in [4.78, 5) is 11.9. The molecule has 3 rings (SSSR count). The molecule has 1 N–H and O–H groups in total. The molecule has 7 heteroatoms. The van der Waals surface area contributed by atoms with Gasteiger partial charge in [-0.15, -0.1) is 0 Å². The van der Waals surface area contributed by atoms with E-state index in [4.69, 9.17) is 25.6 Å². The van der Waals surface area contributed by atoms with Gasteiger partial charge in [-0.2, -0.15) is 0 Å². The molecule has 0 saturated heterocycles. The average molecular weight is 351 g/mol. The Morgan fingerprint density at radius 3 is 3.08 bits per heavy atom. The molecule has 1 aromatic carbocycles. The number of amides is 1. The highest BCUT2D eigenvalue weighted by atomic mass is 35.5. The highest BCUT2D eigenvalue weighted by Crippen LogP contribution is 2.30. The summed E-state index contributed by atoms with van der Waals surface area (Å²) < 4.78 is 15.9. The number of benzene rings is 1. The molecule has 24 heavy (non-hydrogen) atoms. The van der Waals surface area contributed by atoms with Crippen LogP contribution in [0.15, 0.2) is 28.8 Å². The Hall–Kier alpha value is -2.21. The van der Waals surface area contributed by atoms with Gasteiger partial charge in [0.2, 0.25) is 5.91 Å². The number of fused-ring (bicyclic) bond motifs is 1. The first-order valence-electron chi connectivity index (χ1n) is 7.81. The highest BCUT2D eigenvalue weighted by Gasteiger charge is 2.21. The second kappa shape index (κ2) is 7.57. The number of halogens is 1. The number of hydrogen-bond acceptors (Lipinski definition) is 5. The van der Waals surface area contributed by atoms with Crippen molar-refractivity contribution in [3.05, 3.63) is 40.7 Å². The van der Waals surface area contributed by atoms with E-state index in [0.717, 1.165) is 23.5 Å². The molecule has 1 amide bonds. The van der Waals surface area contributed by atoms with Crippen LogP contribution in [0, 0.1) is 5.92 Å². The van der Waals surface area contributed by atoms with Gasteiger partial charge in [0, 0.05) is 37.4 Å². The van der Waals surface area contributed by atoms with E-state index in [2.05, 4.69) is 10.5 Å². The van der Waals surface area contributed by atoms with Crippen molar-refractivity contribution >= 4 is 17.5 Å². The summed E-state index contributed by atoms with van der Waals surface area (Å²) in [5.74, 6) is 2.49. The molecule has 0 fully saturated rings. The number of aryl methyl sites for hydroxylation is 1. The lowest BCUT2D eigenvalue weighted by Gasteiger charge is -2.25. The van der Waals surface area contributed by atoms with Crippen LogP contribution in [0.1, 0.15) is 17.7 Å². The molecule has 0 saturated carbocycles. The fraction of sp³-hybridized carbons (Fsp3) is 0.412. The van der Waals surface area contributed by atoms with Crippen molar-refractivity contribution < 1.29 is 18.8 Å². The van der Waals surface area contributed by atoms with Gasteiger partial charge in [-0.3, -0.25) is 4.79 Å². The Labute approximate surface area is 145 Å². The Kier molecular flexibility index (Phi) is 5.25. The summed E-state index contributed by atoms with van der Waals surface area (Å²) in [6.45, 7) is 1.17. The largest absolute Gasteiger partial charge is 0.497 e. The van der Waals surface area contributed by atoms with Crippen molar-refractivity contribution in [1.82, 2.24) is 10.5 Å². The minimum atomic E-state index is -0.0250. The lowest BCUT2D eigenvalue weighted by Crippen LogP contribution is -2.34. The van der Waals surface area contributed by atoms with Crippen molar-refractivity contribution in [1.29, 1.82) is 0 Å². The number of hydrogen-bond donors (Lipinski definition) is 1. The summed E-state index contributed by atoms with van der Waals surface area (Å²) in [7, 11) is 1.63. The van der Waals surface area contributed by atoms with Crippen LogP contribution in [0.3, 0.4) is 0 Å². The number of ether oxygens (including phenoxy) is 2. The number of carbonyl (C=O) groups is 1. The maximum absolute atomic E-state index is 11.9. The molecule has 0 aliphatic carbocycles. The van der Waals surface area contributed by atoms with Crippen molar-refractivity contribution in [2.75, 3.05) is 20.3 Å². The van der Waals surface area contributed by atoms with E-state index in [1.54, 1.807) is 13.2 Å². The third kappa shape index (κ3) is 4.20. The van der Waals surface area contributed by atoms with E-state index in [1.165, 1.54) is 0 Å². The van der Waals surface area contributed by atoms with Crippen molar-refractivity contribution in [3.8, 4) is 11.5 Å². The molecule has 1 aliphatic rings. The molecule has 128 valence electrons. The minimum Gasteiger partial charge on any atom is -0.497 e. The van der Waals surface area contributed by atoms with E-state index < -0.39 is 0 Å². The van der Waals surface area contributed by atoms with Gasteiger partial charge in [-0.1, -0.05) is 22.8 Å². The first-order valence-corrected chi connectivity index (χ1v) is 8.19. The van der Waals surface area contributed by atoms with Gasteiger partial charge in [0.1, 0.15) is 17.3 Å². The summed E-state index contributed by atoms with van der Waals surface area (Å²) in [6.07, 6.45) is 1.69. The van der Waals surface area contributed by atoms with Gasteiger partial charge in [-0.05, 0) is 18.1 Å². The maximum Gasteiger partial charge on any atom is 0.220 e. The molecular formula is C17H19ClN2O4. The van der Waals surface area contributed by atoms with Gasteiger partial charge >= 0.3 is 0 Å². The third-order valence-electron chi connectivity index (χ3n) is 3.97. The van der Waals surface area contributed by atoms with Gasteiger partial charge in [0.15, 0.2) is 5.15 Å². The van der Waals surface area contributed by atoms with Crippen LogP contribution < -0.4 is 14.8 Å². The zero-order valence-electron chi connectivity index (χ0n) is 13.4. The number of aromatic nitrogens is 1. The summed E-state index contributed by atoms with van der Waals surface area (Å²) >= 11 is 5.67. The van der Waals surface area contributed by atoms with E-state index >= 15 is 0 Å². The number of rotatable bonds is 6. The van der Waals surface area contributed by atoms with Gasteiger partial charge in [0.05, 0.1) is 13.7 Å². The van der Waals surface area contributed by atoms with E-state index in [0.29, 0.717) is 36.9 Å². The quantitative estimate of drug-likeness (QED) is 0.867. The molecule has 0 spiro atoms. The second-order valence-corrected chi connectivity index (χ2v) is 6.16. The molecule has 1 aromatic heterocycles. The second-order valence-electron chi connectivity index (χ2n) is 5.77. The zero-order chi connectivity index (χ0) is 16.9. The van der Waals surface area contributed by atoms with E-state index in [9.17, 15) is 4.79 Å². The zero-order valence-corrected chi connectivity index (χ0v) is 14.1. The van der Waals surface area contributed by atoms with Crippen LogP contribution in [-0.2, 0) is 17.6 Å². The molecule has 6 nitrogen and oxygen atoms in total. The maximum atomic E-state index is 11.9. The third-order valence-corrected chi connectivity index (χ3v) is 4.15. The molecule has 2 heterocycles. The summed E-state index contributed by atoms with van der Waals surface area (Å²) in [5, 5.41) is 6.83. The molecular weight excluding hydrogens is 332 g/mol. The Balaban J connectivity index is 1.44. The topological polar surface area (TPSA) is 73.6 Å². The SMILES string of the molecule is COc1ccc2c(c1)OC[C@@H](CNC(=O)CCc1cc(Cl)no1)C2. The molecule has 2 aromatic rings. The lowest BCUT2D eigenvalue weighted by atomic mass is 9.96. The smallest absolute Gasteiger partial charge is 0.220 e. The number of carbonyl (C=O) groups excluding carboxylic acids is 1. The standard InChI is InChI=1S/C17H19ClN2O4/c1-22-13-3-2-12-6-11(10-23-15(12)7-13)9-19-17(21)5-4-14-8-16(18)20-24-14/h2-3,7-8,11H,4-6,9-10H2,1H3,(H,19,21)/t11-/m1/s1. The fourth-order valence-corrected chi connectivity index (χ4v) is 2.82. The first kappa shape index (κ1) is 16.6. The summed E-state index contributed by atoms with van der Waals surface area (Å²) in [6, 6.07) is 7.45. The van der Waals surface area contributed by atoms with E-state index in [-0.39, 0.29) is 11.8 Å². The van der Waals surface area contributed by atoms with Crippen LogP contribution in [-0.4, -0.2) is 31.3 Å². The Morgan fingerprint density at radius 2 is 2.33 bits per heavy atom. The Bertz CT molecular complexity index is 716. The lowest BCUT2D eigenvalue weighted by molar-refractivity contribution is -0.121. The van der Waals surface area contributed by atoms with Gasteiger partial charge in [0.25, 0.3) is 0 Å². The number of nitrogens with zero attached hydrogens (tertiary/aromatic N) is 1. The van der Waals surface area contributed by atoms with Crippen molar-refractivity contribution in [2.24, 2.45) is 5.92 Å². The van der Waals surface area contributed by atoms with Gasteiger partial charge in [-0.25, -0.2) is 0 Å². The first-order chi connectivity index (χ1) is 11.6. The van der Waals surface area contributed by atoms with Crippen molar-refractivity contribution in [3.63, 3.8) is 0 Å². The molecule has 1 aliphatic heterocycles. The predicted molar refractivity (Wildman–Crippen MR) is 88.5 cm³/mol. The van der Waals surface area contributed by atoms with Crippen molar-refractivity contribution in [2.45, 2.75) is 19.3 Å². The van der Waals surface area contributed by atoms with Crippen LogP contribution in [0.4, 0.5) is 0 Å². The van der Waals surface area contributed by atoms with Crippen LogP contribution in [0.25, 0.3) is 0 Å². The van der Waals surface area contributed by atoms with Crippen LogP contribution in [0.2, 0.25) is 5.15 Å². The Morgan fingerprint density at radius 1 is 1.46 bits per heavy atom. The summed E-state index contributed by atoms with van der Waals surface area (Å²) in [5.41, 5.74) is 1.14. The average Bonchev–Trinajstić information content (AvgIpc) is 3.02. The predicted octanol–water partition coefficient (Wildman–Crippen LogP) is 2.64. The minimum absolute atomic E-state index is 0.0250. The van der Waals surface area contributed by atoms with E-state index in [1.807, 2.05) is 18.2 Å². The number of nitrogens with one attached hydrogen (secondary N) is 1. The highest BCUT2D eigenvalue weighted by molar-refractivity contribution is 6.29. The number of methoxy groups -OCH3 is 1. The molecule has 0 bridgehead atoms. The van der Waals surface area contributed by atoms with Crippen LogP contribution in [0.5, 0.6) is 11.5 Å². The normalized spacial score (nSPS) is 16.2. The fourth-order valence-electron chi connectivity index (χ4n) is 2.66. The monoisotopic (exact) mass is 350 g/mol. The molecule has 0 unspecified atom stereocenters.